The van der Waals surface area contributed by atoms with Crippen LogP contribution in [0.5, 0.6) is 0 Å². The lowest BCUT2D eigenvalue weighted by molar-refractivity contribution is 0.532. The first-order valence-electron chi connectivity index (χ1n) is 5.54. The van der Waals surface area contributed by atoms with E-state index in [0.29, 0.717) is 12.6 Å². The monoisotopic (exact) mass is 251 g/mol. The van der Waals surface area contributed by atoms with E-state index in [9.17, 15) is 0 Å². The van der Waals surface area contributed by atoms with E-state index in [2.05, 4.69) is 37.3 Å². The van der Waals surface area contributed by atoms with Crippen LogP contribution in [0.1, 0.15) is 25.5 Å². The number of benzene rings is 1. The molecule has 0 radical (unpaired) electrons. The van der Waals surface area contributed by atoms with Gasteiger partial charge in [0.25, 0.3) is 0 Å². The van der Waals surface area contributed by atoms with Crippen molar-refractivity contribution in [3.8, 4) is 11.1 Å². The van der Waals surface area contributed by atoms with Gasteiger partial charge in [-0.3, -0.25) is 4.68 Å². The van der Waals surface area contributed by atoms with Crippen LogP contribution >= 0.6 is 12.4 Å². The Kier molecular flexibility index (Phi) is 4.73. The average Bonchev–Trinajstić information content (AvgIpc) is 2.78. The first-order valence-corrected chi connectivity index (χ1v) is 5.54. The highest BCUT2D eigenvalue weighted by atomic mass is 35.5. The van der Waals surface area contributed by atoms with Gasteiger partial charge in [0.1, 0.15) is 0 Å². The second-order valence-electron chi connectivity index (χ2n) is 4.21. The molecule has 4 heteroatoms. The van der Waals surface area contributed by atoms with Crippen molar-refractivity contribution in [2.24, 2.45) is 5.73 Å². The highest BCUT2D eigenvalue weighted by Crippen LogP contribution is 2.20. The summed E-state index contributed by atoms with van der Waals surface area (Å²) in [6.07, 6.45) is 3.97. The van der Waals surface area contributed by atoms with Gasteiger partial charge < -0.3 is 5.73 Å². The molecule has 17 heavy (non-hydrogen) atoms. The number of aromatic nitrogens is 2. The summed E-state index contributed by atoms with van der Waals surface area (Å²) < 4.78 is 1.96. The van der Waals surface area contributed by atoms with E-state index >= 15 is 0 Å². The molecule has 0 spiro atoms. The van der Waals surface area contributed by atoms with E-state index in [-0.39, 0.29) is 12.4 Å². The van der Waals surface area contributed by atoms with Gasteiger partial charge in [-0.05, 0) is 31.0 Å². The minimum absolute atomic E-state index is 0. The molecule has 1 aromatic heterocycles. The van der Waals surface area contributed by atoms with Gasteiger partial charge in [0, 0.05) is 24.3 Å². The molecule has 0 atom stereocenters. The number of hydrogen-bond acceptors (Lipinski definition) is 2. The lowest BCUT2D eigenvalue weighted by Gasteiger charge is -2.03. The molecule has 2 N–H and O–H groups in total. The van der Waals surface area contributed by atoms with Crippen molar-refractivity contribution in [1.29, 1.82) is 0 Å². The quantitative estimate of drug-likeness (QED) is 0.911. The summed E-state index contributed by atoms with van der Waals surface area (Å²) >= 11 is 0. The zero-order valence-corrected chi connectivity index (χ0v) is 10.9. The van der Waals surface area contributed by atoms with Gasteiger partial charge in [0.15, 0.2) is 0 Å². The predicted octanol–water partition coefficient (Wildman–Crippen LogP) is 3.01. The Hall–Kier alpha value is -1.32. The summed E-state index contributed by atoms with van der Waals surface area (Å²) in [5.41, 5.74) is 9.10. The third-order valence-corrected chi connectivity index (χ3v) is 2.63. The van der Waals surface area contributed by atoms with Crippen molar-refractivity contribution in [3.05, 3.63) is 42.2 Å². The number of nitrogens with zero attached hydrogens (tertiary/aromatic N) is 2. The summed E-state index contributed by atoms with van der Waals surface area (Å²) in [4.78, 5) is 0. The normalized spacial score (nSPS) is 10.4. The Morgan fingerprint density at radius 1 is 1.29 bits per heavy atom. The molecule has 0 aliphatic heterocycles. The van der Waals surface area contributed by atoms with Crippen LogP contribution in [0.2, 0.25) is 0 Å². The molecule has 0 unspecified atom stereocenters. The van der Waals surface area contributed by atoms with Gasteiger partial charge >= 0.3 is 0 Å². The van der Waals surface area contributed by atoms with Crippen LogP contribution in [0.25, 0.3) is 11.1 Å². The van der Waals surface area contributed by atoms with Gasteiger partial charge in [0.2, 0.25) is 0 Å². The maximum absolute atomic E-state index is 5.63. The molecule has 92 valence electrons. The number of hydrogen-bond donors (Lipinski definition) is 1. The molecule has 0 fully saturated rings. The molecule has 0 aliphatic carbocycles. The van der Waals surface area contributed by atoms with Crippen LogP contribution in [0.15, 0.2) is 36.7 Å². The Balaban J connectivity index is 0.00000144. The topological polar surface area (TPSA) is 43.8 Å². The van der Waals surface area contributed by atoms with Crippen LogP contribution in [0, 0.1) is 0 Å². The zero-order valence-electron chi connectivity index (χ0n) is 10.1. The van der Waals surface area contributed by atoms with E-state index in [0.717, 1.165) is 11.1 Å². The van der Waals surface area contributed by atoms with Crippen molar-refractivity contribution < 1.29 is 0 Å². The van der Waals surface area contributed by atoms with Crippen molar-refractivity contribution in [1.82, 2.24) is 9.78 Å². The van der Waals surface area contributed by atoms with Gasteiger partial charge in [-0.15, -0.1) is 12.4 Å². The Morgan fingerprint density at radius 2 is 2.06 bits per heavy atom. The molecule has 0 saturated carbocycles. The fraction of sp³-hybridized carbons (Fsp3) is 0.308. The Morgan fingerprint density at radius 3 is 2.65 bits per heavy atom. The van der Waals surface area contributed by atoms with Crippen LogP contribution < -0.4 is 5.73 Å². The number of nitrogens with two attached hydrogens (primary N) is 1. The fourth-order valence-corrected chi connectivity index (χ4v) is 1.65. The maximum atomic E-state index is 5.63. The smallest absolute Gasteiger partial charge is 0.0568 e. The second-order valence-corrected chi connectivity index (χ2v) is 4.21. The molecular formula is C13H18ClN3. The van der Waals surface area contributed by atoms with E-state index in [1.807, 2.05) is 23.0 Å². The van der Waals surface area contributed by atoms with Crippen LogP contribution in [-0.2, 0) is 6.54 Å². The molecule has 1 aromatic carbocycles. The van der Waals surface area contributed by atoms with Crippen LogP contribution in [0.4, 0.5) is 0 Å². The van der Waals surface area contributed by atoms with Gasteiger partial charge in [-0.1, -0.05) is 18.2 Å². The molecular weight excluding hydrogens is 234 g/mol. The van der Waals surface area contributed by atoms with Crippen molar-refractivity contribution >= 4 is 12.4 Å². The lowest BCUT2D eigenvalue weighted by Crippen LogP contribution is -1.99. The Labute approximate surface area is 108 Å². The first kappa shape index (κ1) is 13.7. The SMILES string of the molecule is CC(C)n1cc(-c2cccc(CN)c2)cn1.Cl. The standard InChI is InChI=1S/C13H17N3.ClH/c1-10(2)16-9-13(8-15-16)12-5-3-4-11(6-12)7-14;/h3-6,8-10H,7,14H2,1-2H3;1H. The molecule has 2 aromatic rings. The largest absolute Gasteiger partial charge is 0.326 e. The molecule has 0 bridgehead atoms. The molecule has 0 saturated heterocycles. The summed E-state index contributed by atoms with van der Waals surface area (Å²) in [6, 6.07) is 8.66. The highest BCUT2D eigenvalue weighted by molar-refractivity contribution is 5.85. The molecule has 3 nitrogen and oxygen atoms in total. The molecule has 0 amide bonds. The number of halogens is 1. The van der Waals surface area contributed by atoms with E-state index in [4.69, 9.17) is 5.73 Å². The Bertz CT molecular complexity index is 477. The third-order valence-electron chi connectivity index (χ3n) is 2.63. The average molecular weight is 252 g/mol. The summed E-state index contributed by atoms with van der Waals surface area (Å²) in [7, 11) is 0. The summed E-state index contributed by atoms with van der Waals surface area (Å²) in [5.74, 6) is 0. The number of rotatable bonds is 3. The van der Waals surface area contributed by atoms with E-state index in [1.54, 1.807) is 0 Å². The van der Waals surface area contributed by atoms with Crippen LogP contribution in [0.3, 0.4) is 0 Å². The van der Waals surface area contributed by atoms with Gasteiger partial charge in [-0.25, -0.2) is 0 Å². The van der Waals surface area contributed by atoms with Crippen LogP contribution in [-0.4, -0.2) is 9.78 Å². The summed E-state index contributed by atoms with van der Waals surface area (Å²) in [6.45, 7) is 4.81. The first-order chi connectivity index (χ1) is 7.70. The fourth-order valence-electron chi connectivity index (χ4n) is 1.65. The van der Waals surface area contributed by atoms with Crippen molar-refractivity contribution in [3.63, 3.8) is 0 Å². The lowest BCUT2D eigenvalue weighted by atomic mass is 10.1. The third kappa shape index (κ3) is 3.08. The summed E-state index contributed by atoms with van der Waals surface area (Å²) in [5, 5.41) is 4.33. The minimum Gasteiger partial charge on any atom is -0.326 e. The zero-order chi connectivity index (χ0) is 11.5. The molecule has 1 heterocycles. The van der Waals surface area contributed by atoms with E-state index < -0.39 is 0 Å². The van der Waals surface area contributed by atoms with Gasteiger partial charge in [-0.2, -0.15) is 5.10 Å². The minimum atomic E-state index is 0. The molecule has 0 aliphatic rings. The second kappa shape index (κ2) is 5.84. The maximum Gasteiger partial charge on any atom is 0.0568 e. The van der Waals surface area contributed by atoms with E-state index in [1.165, 1.54) is 5.56 Å². The van der Waals surface area contributed by atoms with Crippen molar-refractivity contribution in [2.75, 3.05) is 0 Å². The van der Waals surface area contributed by atoms with Crippen molar-refractivity contribution in [2.45, 2.75) is 26.4 Å². The predicted molar refractivity (Wildman–Crippen MR) is 73.2 cm³/mol. The molecule has 2 rings (SSSR count). The highest BCUT2D eigenvalue weighted by Gasteiger charge is 2.04. The van der Waals surface area contributed by atoms with Gasteiger partial charge in [0.05, 0.1) is 6.20 Å².